The van der Waals surface area contributed by atoms with Gasteiger partial charge in [-0.05, 0) is 30.7 Å². The van der Waals surface area contributed by atoms with Crippen LogP contribution < -0.4 is 5.73 Å². The molecule has 2 aromatic rings. The van der Waals surface area contributed by atoms with Gasteiger partial charge in [0.2, 0.25) is 0 Å². The molecule has 0 atom stereocenters. The Morgan fingerprint density at radius 3 is 2.93 bits per heavy atom. The van der Waals surface area contributed by atoms with Crippen LogP contribution in [0.25, 0.3) is 11.0 Å². The highest BCUT2D eigenvalue weighted by molar-refractivity contribution is 5.80. The third-order valence-electron chi connectivity index (χ3n) is 2.30. The van der Waals surface area contributed by atoms with Crippen LogP contribution in [0.3, 0.4) is 0 Å². The van der Waals surface area contributed by atoms with Crippen molar-refractivity contribution < 1.29 is 8.78 Å². The van der Waals surface area contributed by atoms with Gasteiger partial charge in [-0.1, -0.05) is 0 Å². The SMILES string of the molecule is NCCc1cn(C(F)F)c2ncccc12. The molecule has 0 spiro atoms. The van der Waals surface area contributed by atoms with Crippen molar-refractivity contribution in [1.82, 2.24) is 9.55 Å². The molecule has 0 saturated heterocycles. The fourth-order valence-electron chi connectivity index (χ4n) is 1.66. The fraction of sp³-hybridized carbons (Fsp3) is 0.300. The molecule has 0 aliphatic heterocycles. The molecule has 2 N–H and O–H groups in total. The average molecular weight is 211 g/mol. The van der Waals surface area contributed by atoms with Crippen molar-refractivity contribution in [2.24, 2.45) is 5.73 Å². The van der Waals surface area contributed by atoms with Crippen LogP contribution >= 0.6 is 0 Å². The van der Waals surface area contributed by atoms with E-state index in [0.29, 0.717) is 18.6 Å². The summed E-state index contributed by atoms with van der Waals surface area (Å²) in [5, 5.41) is 0.753. The molecule has 2 heterocycles. The first kappa shape index (κ1) is 10.0. The Labute approximate surface area is 85.5 Å². The number of halogens is 2. The third kappa shape index (κ3) is 1.70. The lowest BCUT2D eigenvalue weighted by atomic mass is 10.2. The Kier molecular flexibility index (Phi) is 2.64. The molecule has 0 saturated carbocycles. The number of fused-ring (bicyclic) bond motifs is 1. The smallest absolute Gasteiger partial charge is 0.320 e. The first-order valence-electron chi connectivity index (χ1n) is 4.66. The Morgan fingerprint density at radius 2 is 2.27 bits per heavy atom. The minimum Gasteiger partial charge on any atom is -0.330 e. The van der Waals surface area contributed by atoms with Gasteiger partial charge < -0.3 is 5.73 Å². The van der Waals surface area contributed by atoms with Crippen LogP contribution in [0.2, 0.25) is 0 Å². The Balaban J connectivity index is 2.62. The largest absolute Gasteiger partial charge is 0.330 e. The molecule has 2 rings (SSSR count). The van der Waals surface area contributed by atoms with Crippen molar-refractivity contribution >= 4 is 11.0 Å². The van der Waals surface area contributed by atoms with Gasteiger partial charge in [-0.25, -0.2) is 4.98 Å². The van der Waals surface area contributed by atoms with Crippen molar-refractivity contribution in [1.29, 1.82) is 0 Å². The minimum atomic E-state index is -2.56. The molecule has 0 aromatic carbocycles. The highest BCUT2D eigenvalue weighted by Crippen LogP contribution is 2.24. The van der Waals surface area contributed by atoms with Crippen LogP contribution in [-0.4, -0.2) is 16.1 Å². The molecule has 3 nitrogen and oxygen atoms in total. The van der Waals surface area contributed by atoms with Crippen molar-refractivity contribution in [3.05, 3.63) is 30.1 Å². The second kappa shape index (κ2) is 3.94. The summed E-state index contributed by atoms with van der Waals surface area (Å²) in [5.41, 5.74) is 6.56. The summed E-state index contributed by atoms with van der Waals surface area (Å²) in [4.78, 5) is 3.95. The van der Waals surface area contributed by atoms with Crippen molar-refractivity contribution in [2.45, 2.75) is 13.0 Å². The van der Waals surface area contributed by atoms with Gasteiger partial charge in [-0.3, -0.25) is 4.57 Å². The summed E-state index contributed by atoms with van der Waals surface area (Å²) >= 11 is 0. The zero-order valence-electron chi connectivity index (χ0n) is 8.03. The first-order valence-corrected chi connectivity index (χ1v) is 4.66. The van der Waals surface area contributed by atoms with E-state index in [9.17, 15) is 8.78 Å². The number of rotatable bonds is 3. The van der Waals surface area contributed by atoms with Crippen LogP contribution in [0.1, 0.15) is 12.1 Å². The molecule has 5 heteroatoms. The van der Waals surface area contributed by atoms with Gasteiger partial charge >= 0.3 is 6.55 Å². The van der Waals surface area contributed by atoms with Crippen molar-refractivity contribution in [3.8, 4) is 0 Å². The molecule has 0 fully saturated rings. The van der Waals surface area contributed by atoms with Crippen LogP contribution in [0, 0.1) is 0 Å². The number of hydrogen-bond acceptors (Lipinski definition) is 2. The van der Waals surface area contributed by atoms with Crippen LogP contribution in [0.15, 0.2) is 24.5 Å². The van der Waals surface area contributed by atoms with Gasteiger partial charge in [-0.15, -0.1) is 0 Å². The van der Waals surface area contributed by atoms with Gasteiger partial charge in [0.25, 0.3) is 0 Å². The molecular weight excluding hydrogens is 200 g/mol. The molecule has 0 amide bonds. The van der Waals surface area contributed by atoms with Gasteiger partial charge in [0, 0.05) is 17.8 Å². The Morgan fingerprint density at radius 1 is 1.47 bits per heavy atom. The second-order valence-electron chi connectivity index (χ2n) is 3.25. The van der Waals surface area contributed by atoms with Gasteiger partial charge in [-0.2, -0.15) is 8.78 Å². The van der Waals surface area contributed by atoms with E-state index in [1.54, 1.807) is 12.1 Å². The third-order valence-corrected chi connectivity index (χ3v) is 2.30. The second-order valence-corrected chi connectivity index (χ2v) is 3.25. The molecule has 0 radical (unpaired) electrons. The first-order chi connectivity index (χ1) is 7.24. The van der Waals surface area contributed by atoms with Crippen molar-refractivity contribution in [2.75, 3.05) is 6.54 Å². The van der Waals surface area contributed by atoms with Gasteiger partial charge in [0.1, 0.15) is 5.65 Å². The van der Waals surface area contributed by atoms with E-state index >= 15 is 0 Å². The molecule has 80 valence electrons. The maximum atomic E-state index is 12.6. The number of nitrogens with zero attached hydrogens (tertiary/aromatic N) is 2. The predicted molar refractivity (Wildman–Crippen MR) is 53.7 cm³/mol. The lowest BCUT2D eigenvalue weighted by molar-refractivity contribution is 0.0745. The molecular formula is C10H11F2N3. The lowest BCUT2D eigenvalue weighted by Crippen LogP contribution is -2.02. The summed E-state index contributed by atoms with van der Waals surface area (Å²) < 4.78 is 26.2. The zero-order valence-corrected chi connectivity index (χ0v) is 8.03. The number of pyridine rings is 1. The quantitative estimate of drug-likeness (QED) is 0.843. The Bertz CT molecular complexity index is 465. The summed E-state index contributed by atoms with van der Waals surface area (Å²) in [6, 6.07) is 3.52. The molecule has 2 aromatic heterocycles. The molecule has 0 unspecified atom stereocenters. The predicted octanol–water partition coefficient (Wildman–Crippen LogP) is 1.93. The number of alkyl halides is 2. The van der Waals surface area contributed by atoms with Crippen LogP contribution in [0.5, 0.6) is 0 Å². The molecule has 0 aliphatic carbocycles. The van der Waals surface area contributed by atoms with E-state index in [0.717, 1.165) is 15.5 Å². The maximum absolute atomic E-state index is 12.6. The number of hydrogen-bond donors (Lipinski definition) is 1. The van der Waals surface area contributed by atoms with Gasteiger partial charge in [0.05, 0.1) is 0 Å². The van der Waals surface area contributed by atoms with E-state index in [-0.39, 0.29) is 0 Å². The summed E-state index contributed by atoms with van der Waals surface area (Å²) in [6.45, 7) is -2.12. The van der Waals surface area contributed by atoms with E-state index < -0.39 is 6.55 Å². The van der Waals surface area contributed by atoms with E-state index in [2.05, 4.69) is 4.98 Å². The monoisotopic (exact) mass is 211 g/mol. The standard InChI is InChI=1S/C10H11F2N3/c11-10(12)15-6-7(3-4-13)8-2-1-5-14-9(8)15/h1-2,5-6,10H,3-4,13H2. The lowest BCUT2D eigenvalue weighted by Gasteiger charge is -2.00. The minimum absolute atomic E-state index is 0.316. The molecule has 15 heavy (non-hydrogen) atoms. The summed E-state index contributed by atoms with van der Waals surface area (Å²) in [5.74, 6) is 0. The summed E-state index contributed by atoms with van der Waals surface area (Å²) in [7, 11) is 0. The fourth-order valence-corrected chi connectivity index (χ4v) is 1.66. The molecule has 0 bridgehead atoms. The van der Waals surface area contributed by atoms with E-state index in [1.165, 1.54) is 12.4 Å². The van der Waals surface area contributed by atoms with Crippen LogP contribution in [-0.2, 0) is 6.42 Å². The topological polar surface area (TPSA) is 43.8 Å². The Hall–Kier alpha value is -1.49. The van der Waals surface area contributed by atoms with Crippen LogP contribution in [0.4, 0.5) is 8.78 Å². The average Bonchev–Trinajstić information content (AvgIpc) is 2.59. The van der Waals surface area contributed by atoms with E-state index in [4.69, 9.17) is 5.73 Å². The molecule has 0 aliphatic rings. The normalized spacial score (nSPS) is 11.5. The van der Waals surface area contributed by atoms with Crippen molar-refractivity contribution in [3.63, 3.8) is 0 Å². The van der Waals surface area contributed by atoms with Gasteiger partial charge in [0.15, 0.2) is 0 Å². The highest BCUT2D eigenvalue weighted by Gasteiger charge is 2.14. The highest BCUT2D eigenvalue weighted by atomic mass is 19.3. The maximum Gasteiger partial charge on any atom is 0.320 e. The number of aromatic nitrogens is 2. The number of nitrogens with two attached hydrogens (primary N) is 1. The zero-order chi connectivity index (χ0) is 10.8. The summed E-state index contributed by atoms with van der Waals surface area (Å²) in [6.07, 6.45) is 3.52. The van der Waals surface area contributed by atoms with E-state index in [1.807, 2.05) is 0 Å².